The average Bonchev–Trinajstić information content (AvgIpc) is 2.47. The number of quaternary nitrogens is 1. The summed E-state index contributed by atoms with van der Waals surface area (Å²) >= 11 is 0. The van der Waals surface area contributed by atoms with Crippen LogP contribution in [0.3, 0.4) is 0 Å². The van der Waals surface area contributed by atoms with Gasteiger partial charge in [0, 0.05) is 6.42 Å². The second-order valence-electron chi connectivity index (χ2n) is 4.48. The summed E-state index contributed by atoms with van der Waals surface area (Å²) in [5.41, 5.74) is 5.96. The molecule has 0 fully saturated rings. The van der Waals surface area contributed by atoms with Crippen molar-refractivity contribution in [2.24, 2.45) is 0 Å². The first kappa shape index (κ1) is 13.3. The third-order valence-corrected chi connectivity index (χ3v) is 2.88. The predicted molar refractivity (Wildman–Crippen MR) is 73.1 cm³/mol. The number of ether oxygens (including phenoxy) is 1. The molecular weight excluding hydrogens is 238 g/mol. The van der Waals surface area contributed by atoms with Gasteiger partial charge < -0.3 is 10.5 Å². The molecule has 0 aliphatic heterocycles. The molecule has 0 bridgehead atoms. The van der Waals surface area contributed by atoms with Crippen molar-refractivity contribution in [2.45, 2.75) is 19.1 Å². The van der Waals surface area contributed by atoms with Crippen molar-refractivity contribution in [3.05, 3.63) is 71.8 Å². The van der Waals surface area contributed by atoms with Crippen LogP contribution in [-0.4, -0.2) is 12.0 Å². The number of carbonyl (C=O) groups is 1. The molecule has 0 radical (unpaired) electrons. The molecule has 0 amide bonds. The maximum Gasteiger partial charge on any atom is 0.365 e. The fraction of sp³-hybridized carbons (Fsp3) is 0.188. The Morgan fingerprint density at radius 1 is 0.947 bits per heavy atom. The van der Waals surface area contributed by atoms with Gasteiger partial charge >= 0.3 is 5.97 Å². The summed E-state index contributed by atoms with van der Waals surface area (Å²) in [5.74, 6) is -0.257. The molecule has 3 N–H and O–H groups in total. The van der Waals surface area contributed by atoms with Crippen LogP contribution < -0.4 is 5.73 Å². The molecule has 0 aliphatic rings. The zero-order valence-corrected chi connectivity index (χ0v) is 10.8. The van der Waals surface area contributed by atoms with E-state index in [0.717, 1.165) is 11.1 Å². The standard InChI is InChI=1S/C16H17NO2/c17-15(11-13-7-3-1-4-8-13)16(18)19-12-14-9-5-2-6-10-14/h1-10,15H,11-12,17H2/p+1/t15-/m1/s1. The van der Waals surface area contributed by atoms with E-state index in [1.807, 2.05) is 60.7 Å². The van der Waals surface area contributed by atoms with Crippen LogP contribution >= 0.6 is 0 Å². The van der Waals surface area contributed by atoms with Crippen LogP contribution in [0.4, 0.5) is 0 Å². The molecule has 19 heavy (non-hydrogen) atoms. The Kier molecular flexibility index (Phi) is 4.70. The van der Waals surface area contributed by atoms with Gasteiger partial charge in [0.25, 0.3) is 0 Å². The smallest absolute Gasteiger partial charge is 0.365 e. The molecule has 2 rings (SSSR count). The summed E-state index contributed by atoms with van der Waals surface area (Å²) in [6, 6.07) is 19.1. The average molecular weight is 256 g/mol. The van der Waals surface area contributed by atoms with Crippen molar-refractivity contribution in [1.29, 1.82) is 0 Å². The first-order chi connectivity index (χ1) is 9.25. The minimum absolute atomic E-state index is 0.257. The van der Waals surface area contributed by atoms with E-state index in [4.69, 9.17) is 4.74 Å². The lowest BCUT2D eigenvalue weighted by Crippen LogP contribution is -2.66. The van der Waals surface area contributed by atoms with E-state index in [9.17, 15) is 4.79 Å². The number of benzene rings is 2. The Hall–Kier alpha value is -2.13. The maximum absolute atomic E-state index is 11.8. The van der Waals surface area contributed by atoms with Gasteiger partial charge in [-0.05, 0) is 11.1 Å². The molecule has 2 aromatic rings. The lowest BCUT2D eigenvalue weighted by Gasteiger charge is -2.09. The lowest BCUT2D eigenvalue weighted by atomic mass is 10.1. The van der Waals surface area contributed by atoms with Gasteiger partial charge in [-0.3, -0.25) is 0 Å². The molecule has 0 heterocycles. The Balaban J connectivity index is 1.83. The predicted octanol–water partition coefficient (Wildman–Crippen LogP) is 1.58. The summed E-state index contributed by atoms with van der Waals surface area (Å²) in [6.45, 7) is 0.306. The molecular formula is C16H18NO2+. The molecule has 0 aromatic heterocycles. The highest BCUT2D eigenvalue weighted by Crippen LogP contribution is 2.04. The summed E-state index contributed by atoms with van der Waals surface area (Å²) in [7, 11) is 0. The SMILES string of the molecule is [NH3+][C@H](Cc1ccccc1)C(=O)OCc1ccccc1. The summed E-state index contributed by atoms with van der Waals surface area (Å²) < 4.78 is 5.26. The topological polar surface area (TPSA) is 53.9 Å². The van der Waals surface area contributed by atoms with Gasteiger partial charge in [-0.1, -0.05) is 60.7 Å². The summed E-state index contributed by atoms with van der Waals surface area (Å²) in [6.07, 6.45) is 0.606. The third kappa shape index (κ3) is 4.23. The highest BCUT2D eigenvalue weighted by Gasteiger charge is 2.19. The van der Waals surface area contributed by atoms with Crippen molar-refractivity contribution in [1.82, 2.24) is 0 Å². The molecule has 98 valence electrons. The van der Waals surface area contributed by atoms with E-state index >= 15 is 0 Å². The van der Waals surface area contributed by atoms with Crippen LogP contribution in [0, 0.1) is 0 Å². The van der Waals surface area contributed by atoms with Gasteiger partial charge in [-0.2, -0.15) is 0 Å². The van der Waals surface area contributed by atoms with E-state index in [1.54, 1.807) is 0 Å². The van der Waals surface area contributed by atoms with Gasteiger partial charge in [-0.15, -0.1) is 0 Å². The number of rotatable bonds is 5. The third-order valence-electron chi connectivity index (χ3n) is 2.88. The summed E-state index contributed by atoms with van der Waals surface area (Å²) in [5, 5.41) is 0. The van der Waals surface area contributed by atoms with E-state index in [0.29, 0.717) is 13.0 Å². The highest BCUT2D eigenvalue weighted by atomic mass is 16.5. The number of hydrogen-bond donors (Lipinski definition) is 1. The number of esters is 1. The molecule has 3 nitrogen and oxygen atoms in total. The Morgan fingerprint density at radius 2 is 1.47 bits per heavy atom. The van der Waals surface area contributed by atoms with E-state index in [-0.39, 0.29) is 12.0 Å². The minimum atomic E-state index is -0.369. The first-order valence-corrected chi connectivity index (χ1v) is 6.33. The monoisotopic (exact) mass is 256 g/mol. The molecule has 0 aliphatic carbocycles. The lowest BCUT2D eigenvalue weighted by molar-refractivity contribution is -0.408. The van der Waals surface area contributed by atoms with Crippen molar-refractivity contribution in [3.8, 4) is 0 Å². The van der Waals surface area contributed by atoms with Crippen molar-refractivity contribution < 1.29 is 15.3 Å². The Bertz CT molecular complexity index is 511. The van der Waals surface area contributed by atoms with Gasteiger partial charge in [0.2, 0.25) is 0 Å². The highest BCUT2D eigenvalue weighted by molar-refractivity contribution is 5.74. The van der Waals surface area contributed by atoms with E-state index in [2.05, 4.69) is 5.73 Å². The molecule has 0 saturated heterocycles. The van der Waals surface area contributed by atoms with Crippen LogP contribution in [0.2, 0.25) is 0 Å². The van der Waals surface area contributed by atoms with Crippen molar-refractivity contribution in [3.63, 3.8) is 0 Å². The second-order valence-corrected chi connectivity index (χ2v) is 4.48. The quantitative estimate of drug-likeness (QED) is 0.826. The van der Waals surface area contributed by atoms with Crippen LogP contribution in [0.15, 0.2) is 60.7 Å². The van der Waals surface area contributed by atoms with Gasteiger partial charge in [0.15, 0.2) is 6.04 Å². The first-order valence-electron chi connectivity index (χ1n) is 6.33. The largest absolute Gasteiger partial charge is 0.456 e. The number of hydrogen-bond acceptors (Lipinski definition) is 2. The molecule has 0 spiro atoms. The van der Waals surface area contributed by atoms with Crippen LogP contribution in [0.5, 0.6) is 0 Å². The molecule has 0 unspecified atom stereocenters. The molecule has 0 saturated carbocycles. The second kappa shape index (κ2) is 6.71. The minimum Gasteiger partial charge on any atom is -0.456 e. The summed E-state index contributed by atoms with van der Waals surface area (Å²) in [4.78, 5) is 11.8. The van der Waals surface area contributed by atoms with Crippen LogP contribution in [-0.2, 0) is 22.6 Å². The van der Waals surface area contributed by atoms with Gasteiger partial charge in [-0.25, -0.2) is 4.79 Å². The normalized spacial score (nSPS) is 11.8. The Morgan fingerprint density at radius 3 is 2.05 bits per heavy atom. The zero-order chi connectivity index (χ0) is 13.5. The molecule has 2 aromatic carbocycles. The fourth-order valence-electron chi connectivity index (χ4n) is 1.83. The van der Waals surface area contributed by atoms with Gasteiger partial charge in [0.1, 0.15) is 6.61 Å². The Labute approximate surface area is 113 Å². The van der Waals surface area contributed by atoms with Crippen LogP contribution in [0.1, 0.15) is 11.1 Å². The van der Waals surface area contributed by atoms with Gasteiger partial charge in [0.05, 0.1) is 0 Å². The zero-order valence-electron chi connectivity index (χ0n) is 10.8. The van der Waals surface area contributed by atoms with E-state index < -0.39 is 0 Å². The molecule has 1 atom stereocenters. The van der Waals surface area contributed by atoms with Crippen LogP contribution in [0.25, 0.3) is 0 Å². The van der Waals surface area contributed by atoms with Crippen molar-refractivity contribution >= 4 is 5.97 Å². The van der Waals surface area contributed by atoms with Crippen molar-refractivity contribution in [2.75, 3.05) is 0 Å². The number of carbonyl (C=O) groups excluding carboxylic acids is 1. The fourth-order valence-corrected chi connectivity index (χ4v) is 1.83. The molecule has 3 heteroatoms. The maximum atomic E-state index is 11.8. The van der Waals surface area contributed by atoms with E-state index in [1.165, 1.54) is 0 Å².